The fraction of sp³-hybridized carbons (Fsp3) is 0.318. The summed E-state index contributed by atoms with van der Waals surface area (Å²) in [6, 6.07) is 7.20. The minimum absolute atomic E-state index is 0.0272. The molecule has 4 aromatic rings. The van der Waals surface area contributed by atoms with Crippen LogP contribution in [0, 0.1) is 18.6 Å². The Morgan fingerprint density at radius 1 is 1.24 bits per heavy atom. The molecular weight excluding hydrogens is 530 g/mol. The van der Waals surface area contributed by atoms with E-state index in [4.69, 9.17) is 9.47 Å². The number of nitrogens with one attached hydrogen (secondary N) is 1. The van der Waals surface area contributed by atoms with Crippen molar-refractivity contribution in [1.82, 2.24) is 19.7 Å². The van der Waals surface area contributed by atoms with Crippen LogP contribution in [-0.4, -0.2) is 34.4 Å². The highest BCUT2D eigenvalue weighted by atomic mass is 79.9. The van der Waals surface area contributed by atoms with E-state index in [0.29, 0.717) is 17.9 Å². The first-order valence-corrected chi connectivity index (χ1v) is 15.0. The van der Waals surface area contributed by atoms with Crippen LogP contribution in [0.4, 0.5) is 8.78 Å². The van der Waals surface area contributed by atoms with Crippen LogP contribution in [0.25, 0.3) is 22.4 Å². The number of H-pyrrole nitrogens is 1. The molecule has 2 heterocycles. The lowest BCUT2D eigenvalue weighted by atomic mass is 10.1. The van der Waals surface area contributed by atoms with Crippen LogP contribution < -0.4 is 10.5 Å². The molecule has 0 saturated heterocycles. The lowest BCUT2D eigenvalue weighted by Gasteiger charge is -2.16. The van der Waals surface area contributed by atoms with Gasteiger partial charge in [0.25, 0.3) is 0 Å². The summed E-state index contributed by atoms with van der Waals surface area (Å²) in [7, 11) is -1.33. The number of aromatic amines is 1. The quantitative estimate of drug-likeness (QED) is 0.168. The van der Waals surface area contributed by atoms with Gasteiger partial charge in [-0.25, -0.2) is 13.6 Å². The molecule has 0 bridgehead atoms. The van der Waals surface area contributed by atoms with Gasteiger partial charge < -0.3 is 9.47 Å². The van der Waals surface area contributed by atoms with E-state index in [1.807, 2.05) is 6.92 Å². The van der Waals surface area contributed by atoms with Crippen LogP contribution in [0.1, 0.15) is 5.56 Å². The predicted molar refractivity (Wildman–Crippen MR) is 129 cm³/mol. The summed E-state index contributed by atoms with van der Waals surface area (Å²) in [6.07, 6.45) is 0. The molecule has 0 aliphatic heterocycles. The van der Waals surface area contributed by atoms with Gasteiger partial charge >= 0.3 is 11.8 Å². The molecule has 0 fully saturated rings. The molecule has 2 aromatic heterocycles. The number of fused-ring (bicyclic) bond motifs is 1. The molecule has 0 unspecified atom stereocenters. The Morgan fingerprint density at radius 3 is 2.68 bits per heavy atom. The van der Waals surface area contributed by atoms with Gasteiger partial charge in [0.1, 0.15) is 23.8 Å². The minimum Gasteiger partial charge on any atom is -0.425 e. The van der Waals surface area contributed by atoms with Crippen molar-refractivity contribution in [3.63, 3.8) is 0 Å². The Hall–Kier alpha value is -2.83. The van der Waals surface area contributed by atoms with Gasteiger partial charge in [0.2, 0.25) is 0 Å². The van der Waals surface area contributed by atoms with Gasteiger partial charge in [0.15, 0.2) is 11.6 Å². The van der Waals surface area contributed by atoms with Crippen molar-refractivity contribution < 1.29 is 22.8 Å². The molecular formula is C22H23BrF2N4O4Si. The molecule has 180 valence electrons. The van der Waals surface area contributed by atoms with Crippen molar-refractivity contribution in [2.75, 3.05) is 6.61 Å². The van der Waals surface area contributed by atoms with Crippen LogP contribution in [-0.2, 0) is 11.5 Å². The molecule has 0 atom stereocenters. The molecule has 0 amide bonds. The number of rotatable bonds is 8. The summed E-state index contributed by atoms with van der Waals surface area (Å²) in [4.78, 5) is 18.2. The average molecular weight is 553 g/mol. The van der Waals surface area contributed by atoms with Crippen molar-refractivity contribution >= 4 is 35.0 Å². The number of aryl methyl sites for hydroxylation is 1. The highest BCUT2D eigenvalue weighted by Gasteiger charge is 2.22. The van der Waals surface area contributed by atoms with Crippen LogP contribution in [0.5, 0.6) is 11.8 Å². The largest absolute Gasteiger partial charge is 0.439 e. The Labute approximate surface area is 203 Å². The molecule has 8 nitrogen and oxygen atoms in total. The molecule has 4 rings (SSSR count). The van der Waals surface area contributed by atoms with Crippen LogP contribution in [0.2, 0.25) is 25.7 Å². The van der Waals surface area contributed by atoms with Crippen molar-refractivity contribution in [1.29, 1.82) is 0 Å². The maximum absolute atomic E-state index is 15.0. The van der Waals surface area contributed by atoms with Crippen molar-refractivity contribution in [3.8, 4) is 23.1 Å². The number of nitrogens with zero attached hydrogens (tertiary/aromatic N) is 3. The van der Waals surface area contributed by atoms with Crippen LogP contribution in [0.3, 0.4) is 0 Å². The third-order valence-corrected chi connectivity index (χ3v) is 7.59. The summed E-state index contributed by atoms with van der Waals surface area (Å²) >= 11 is 2.95. The minimum atomic E-state index is -1.33. The maximum atomic E-state index is 15.0. The van der Waals surface area contributed by atoms with E-state index in [1.165, 1.54) is 4.57 Å². The molecule has 0 radical (unpaired) electrons. The molecule has 0 aliphatic carbocycles. The van der Waals surface area contributed by atoms with Crippen molar-refractivity contribution in [2.45, 2.75) is 39.3 Å². The number of halogens is 3. The summed E-state index contributed by atoms with van der Waals surface area (Å²) in [5.74, 6) is -1.65. The fourth-order valence-electron chi connectivity index (χ4n) is 3.28. The van der Waals surface area contributed by atoms with E-state index in [-0.39, 0.29) is 34.1 Å². The van der Waals surface area contributed by atoms with E-state index in [0.717, 1.165) is 17.7 Å². The van der Waals surface area contributed by atoms with Gasteiger partial charge in [0, 0.05) is 26.3 Å². The molecule has 1 N–H and O–H groups in total. The normalized spacial score (nSPS) is 12.0. The smallest absolute Gasteiger partial charge is 0.425 e. The molecule has 34 heavy (non-hydrogen) atoms. The van der Waals surface area contributed by atoms with E-state index in [1.54, 1.807) is 18.2 Å². The Morgan fingerprint density at radius 2 is 2.00 bits per heavy atom. The molecule has 2 aromatic carbocycles. The summed E-state index contributed by atoms with van der Waals surface area (Å²) in [5.41, 5.74) is 1.55. The zero-order valence-corrected chi connectivity index (χ0v) is 21.6. The van der Waals surface area contributed by atoms with Crippen LogP contribution in [0.15, 0.2) is 38.1 Å². The highest BCUT2D eigenvalue weighted by Crippen LogP contribution is 2.34. The standard InChI is InChI=1S/C22H23BrF2N4O4Si/c1-12-5-6-13(9-14(12)20-27-22(30)33-28-20)32-21-26-16-10-15(24)17(23)18(25)19(16)29(21)11-31-7-8-34(2,3)4/h5-6,9-10H,7-8,11H2,1-4H3,(H,27,28,30). The lowest BCUT2D eigenvalue weighted by molar-refractivity contribution is 0.0846. The number of imidazole rings is 1. The highest BCUT2D eigenvalue weighted by molar-refractivity contribution is 9.10. The third kappa shape index (κ3) is 5.13. The van der Waals surface area contributed by atoms with E-state index in [2.05, 4.69) is 55.2 Å². The molecule has 0 spiro atoms. The maximum Gasteiger partial charge on any atom is 0.439 e. The Kier molecular flexibility index (Phi) is 6.74. The lowest BCUT2D eigenvalue weighted by Crippen LogP contribution is -2.22. The summed E-state index contributed by atoms with van der Waals surface area (Å²) in [6.45, 7) is 8.99. The number of benzene rings is 2. The molecule has 0 aliphatic rings. The second-order valence-electron chi connectivity index (χ2n) is 9.05. The summed E-state index contributed by atoms with van der Waals surface area (Å²) in [5, 5.41) is 3.72. The number of ether oxygens (including phenoxy) is 2. The summed E-state index contributed by atoms with van der Waals surface area (Å²) < 4.78 is 46.7. The van der Waals surface area contributed by atoms with Gasteiger partial charge in [-0.15, -0.1) is 0 Å². The second-order valence-corrected chi connectivity index (χ2v) is 15.5. The second kappa shape index (κ2) is 9.43. The van der Waals surface area contributed by atoms with Gasteiger partial charge in [-0.3, -0.25) is 14.1 Å². The van der Waals surface area contributed by atoms with Gasteiger partial charge in [-0.1, -0.05) is 30.9 Å². The van der Waals surface area contributed by atoms with E-state index >= 15 is 4.39 Å². The Balaban J connectivity index is 1.72. The Bertz CT molecular complexity index is 1410. The fourth-order valence-corrected chi connectivity index (χ4v) is 4.34. The van der Waals surface area contributed by atoms with E-state index in [9.17, 15) is 9.18 Å². The van der Waals surface area contributed by atoms with Gasteiger partial charge in [-0.05, 0) is 46.6 Å². The SMILES string of the molecule is Cc1ccc(Oc2nc3cc(F)c(Br)c(F)c3n2COCC[Si](C)(C)C)cc1-c1noc(=O)[nH]1. The number of hydrogen-bond acceptors (Lipinski definition) is 6. The molecule has 12 heteroatoms. The zero-order valence-electron chi connectivity index (χ0n) is 19.0. The number of aromatic nitrogens is 4. The van der Waals surface area contributed by atoms with Crippen molar-refractivity contribution in [2.24, 2.45) is 0 Å². The zero-order chi connectivity index (χ0) is 24.6. The predicted octanol–water partition coefficient (Wildman–Crippen LogP) is 5.83. The third-order valence-electron chi connectivity index (χ3n) is 5.16. The first kappa shape index (κ1) is 24.3. The number of hydrogen-bond donors (Lipinski definition) is 1. The van der Waals surface area contributed by atoms with Gasteiger partial charge in [0.05, 0.1) is 9.99 Å². The monoisotopic (exact) mass is 552 g/mol. The van der Waals surface area contributed by atoms with Crippen LogP contribution >= 0.6 is 15.9 Å². The first-order valence-electron chi connectivity index (χ1n) is 10.5. The molecule has 0 saturated carbocycles. The van der Waals surface area contributed by atoms with Gasteiger partial charge in [-0.2, -0.15) is 4.98 Å². The van der Waals surface area contributed by atoms with Crippen molar-refractivity contribution in [3.05, 3.63) is 56.5 Å². The topological polar surface area (TPSA) is 95.2 Å². The first-order chi connectivity index (χ1) is 16.0. The average Bonchev–Trinajstić information content (AvgIpc) is 3.33. The van der Waals surface area contributed by atoms with E-state index < -0.39 is 25.5 Å².